The molecule has 0 aliphatic rings. The molecule has 6 nitrogen and oxygen atoms in total. The molecule has 18 heavy (non-hydrogen) atoms. The van der Waals surface area contributed by atoms with Gasteiger partial charge in [-0.25, -0.2) is 14.8 Å². The number of fused-ring (bicyclic) bond motifs is 1. The van der Waals surface area contributed by atoms with Crippen molar-refractivity contribution in [3.8, 4) is 0 Å². The summed E-state index contributed by atoms with van der Waals surface area (Å²) in [7, 11) is 0. The van der Waals surface area contributed by atoms with Crippen molar-refractivity contribution in [3.05, 3.63) is 30.1 Å². The second-order valence-electron chi connectivity index (χ2n) is 3.99. The normalized spacial score (nSPS) is 12.3. The van der Waals surface area contributed by atoms with Crippen LogP contribution in [0.3, 0.4) is 0 Å². The third kappa shape index (κ3) is 2.54. The predicted molar refractivity (Wildman–Crippen MR) is 66.7 cm³/mol. The molecule has 1 atom stereocenters. The van der Waals surface area contributed by atoms with Gasteiger partial charge in [-0.1, -0.05) is 0 Å². The predicted octanol–water partition coefficient (Wildman–Crippen LogP) is 1.12. The molecule has 94 valence electrons. The van der Waals surface area contributed by atoms with Crippen LogP contribution in [0.4, 0.5) is 5.82 Å². The average Bonchev–Trinajstić information content (AvgIpc) is 2.37. The molecular formula is C12H13N3O3. The molecule has 0 aliphatic carbocycles. The minimum Gasteiger partial charge on any atom is -0.477 e. The van der Waals surface area contributed by atoms with E-state index in [1.165, 1.54) is 6.07 Å². The number of aliphatic hydroxyl groups excluding tert-OH is 1. The fourth-order valence-corrected chi connectivity index (χ4v) is 1.51. The minimum absolute atomic E-state index is 0.00476. The highest BCUT2D eigenvalue weighted by atomic mass is 16.4. The number of nitrogens with one attached hydrogen (secondary N) is 1. The molecular weight excluding hydrogens is 234 g/mol. The fourth-order valence-electron chi connectivity index (χ4n) is 1.51. The van der Waals surface area contributed by atoms with E-state index in [1.807, 2.05) is 6.92 Å². The van der Waals surface area contributed by atoms with Gasteiger partial charge >= 0.3 is 5.97 Å². The van der Waals surface area contributed by atoms with Gasteiger partial charge in [0.15, 0.2) is 0 Å². The molecule has 3 N–H and O–H groups in total. The number of hydrogen-bond acceptors (Lipinski definition) is 5. The number of aromatic nitrogens is 2. The van der Waals surface area contributed by atoms with Crippen molar-refractivity contribution < 1.29 is 15.0 Å². The van der Waals surface area contributed by atoms with E-state index in [-0.39, 0.29) is 18.3 Å². The first-order valence-corrected chi connectivity index (χ1v) is 5.47. The number of carbonyl (C=O) groups is 1. The van der Waals surface area contributed by atoms with Crippen molar-refractivity contribution in [2.24, 2.45) is 0 Å². The SMILES string of the molecule is C[C@@H](CO)Nc1cc2nc(C(=O)O)ccc2cn1. The van der Waals surface area contributed by atoms with Crippen LogP contribution in [0.2, 0.25) is 0 Å². The van der Waals surface area contributed by atoms with E-state index in [9.17, 15) is 4.79 Å². The lowest BCUT2D eigenvalue weighted by Gasteiger charge is -2.11. The number of carboxylic acids is 1. The summed E-state index contributed by atoms with van der Waals surface area (Å²) in [6, 6.07) is 4.64. The van der Waals surface area contributed by atoms with E-state index in [1.54, 1.807) is 18.3 Å². The van der Waals surface area contributed by atoms with Gasteiger partial charge in [0.25, 0.3) is 0 Å². The number of aliphatic hydroxyl groups is 1. The molecule has 0 amide bonds. The molecule has 0 radical (unpaired) electrons. The quantitative estimate of drug-likeness (QED) is 0.749. The van der Waals surface area contributed by atoms with Crippen molar-refractivity contribution in [1.82, 2.24) is 9.97 Å². The Balaban J connectivity index is 2.39. The van der Waals surface area contributed by atoms with E-state index < -0.39 is 5.97 Å². The fraction of sp³-hybridized carbons (Fsp3) is 0.250. The largest absolute Gasteiger partial charge is 0.477 e. The van der Waals surface area contributed by atoms with E-state index in [0.29, 0.717) is 11.3 Å². The van der Waals surface area contributed by atoms with E-state index in [4.69, 9.17) is 10.2 Å². The molecule has 0 bridgehead atoms. The highest BCUT2D eigenvalue weighted by Gasteiger charge is 2.07. The summed E-state index contributed by atoms with van der Waals surface area (Å²) in [6.07, 6.45) is 1.61. The summed E-state index contributed by atoms with van der Waals surface area (Å²) in [5.74, 6) is -0.508. The van der Waals surface area contributed by atoms with Crippen molar-refractivity contribution in [2.45, 2.75) is 13.0 Å². The molecule has 0 saturated carbocycles. The van der Waals surface area contributed by atoms with Crippen LogP contribution in [-0.2, 0) is 0 Å². The first kappa shape index (κ1) is 12.3. The summed E-state index contributed by atoms with van der Waals surface area (Å²) in [4.78, 5) is 19.0. The van der Waals surface area contributed by atoms with Gasteiger partial charge in [-0.15, -0.1) is 0 Å². The number of pyridine rings is 2. The number of hydrogen-bond donors (Lipinski definition) is 3. The highest BCUT2D eigenvalue weighted by molar-refractivity contribution is 5.90. The van der Waals surface area contributed by atoms with E-state index >= 15 is 0 Å². The molecule has 0 saturated heterocycles. The lowest BCUT2D eigenvalue weighted by molar-refractivity contribution is 0.0691. The topological polar surface area (TPSA) is 95.3 Å². The van der Waals surface area contributed by atoms with Crippen LogP contribution in [0.5, 0.6) is 0 Å². The summed E-state index contributed by atoms with van der Waals surface area (Å²) in [6.45, 7) is 1.80. The zero-order valence-electron chi connectivity index (χ0n) is 9.79. The molecule has 2 rings (SSSR count). The number of nitrogens with zero attached hydrogens (tertiary/aromatic N) is 2. The van der Waals surface area contributed by atoms with E-state index in [2.05, 4.69) is 15.3 Å². The Labute approximate surface area is 103 Å². The Morgan fingerprint density at radius 2 is 2.28 bits per heavy atom. The Bertz CT molecular complexity index is 586. The maximum atomic E-state index is 10.8. The van der Waals surface area contributed by atoms with Gasteiger partial charge in [0.1, 0.15) is 11.5 Å². The Morgan fingerprint density at radius 3 is 2.94 bits per heavy atom. The number of carboxylic acid groups (broad SMARTS) is 1. The second kappa shape index (κ2) is 4.97. The number of aromatic carboxylic acids is 1. The van der Waals surface area contributed by atoms with Crippen LogP contribution < -0.4 is 5.32 Å². The molecule has 2 aromatic rings. The number of anilines is 1. The summed E-state index contributed by atoms with van der Waals surface area (Å²) in [5.41, 5.74) is 0.549. The second-order valence-corrected chi connectivity index (χ2v) is 3.99. The van der Waals surface area contributed by atoms with Gasteiger partial charge < -0.3 is 15.5 Å². The van der Waals surface area contributed by atoms with Crippen molar-refractivity contribution in [3.63, 3.8) is 0 Å². The van der Waals surface area contributed by atoms with Gasteiger partial charge in [-0.3, -0.25) is 0 Å². The van der Waals surface area contributed by atoms with Crippen molar-refractivity contribution >= 4 is 22.7 Å². The lowest BCUT2D eigenvalue weighted by Crippen LogP contribution is -2.19. The molecule has 0 fully saturated rings. The average molecular weight is 247 g/mol. The molecule has 0 unspecified atom stereocenters. The van der Waals surface area contributed by atoms with Gasteiger partial charge in [-0.05, 0) is 19.1 Å². The minimum atomic E-state index is -1.06. The zero-order valence-corrected chi connectivity index (χ0v) is 9.79. The Morgan fingerprint density at radius 1 is 1.50 bits per heavy atom. The zero-order chi connectivity index (χ0) is 13.1. The van der Waals surface area contributed by atoms with Gasteiger partial charge in [-0.2, -0.15) is 0 Å². The maximum absolute atomic E-state index is 10.8. The van der Waals surface area contributed by atoms with Gasteiger partial charge in [0, 0.05) is 23.7 Å². The van der Waals surface area contributed by atoms with Crippen LogP contribution in [-0.4, -0.2) is 38.8 Å². The third-order valence-electron chi connectivity index (χ3n) is 2.46. The third-order valence-corrected chi connectivity index (χ3v) is 2.46. The molecule has 0 aliphatic heterocycles. The molecule has 6 heteroatoms. The molecule has 0 spiro atoms. The van der Waals surface area contributed by atoms with Crippen LogP contribution in [0.15, 0.2) is 24.4 Å². The Hall–Kier alpha value is -2.21. The first-order chi connectivity index (χ1) is 8.60. The summed E-state index contributed by atoms with van der Waals surface area (Å²) >= 11 is 0. The van der Waals surface area contributed by atoms with Gasteiger partial charge in [0.2, 0.25) is 0 Å². The Kier molecular flexibility index (Phi) is 3.38. The maximum Gasteiger partial charge on any atom is 0.354 e. The van der Waals surface area contributed by atoms with Crippen LogP contribution in [0, 0.1) is 0 Å². The summed E-state index contributed by atoms with van der Waals surface area (Å²) in [5, 5.41) is 21.6. The standard InChI is InChI=1S/C12H13N3O3/c1-7(6-16)14-11-4-10-8(5-13-11)2-3-9(15-10)12(17)18/h2-5,7,16H,6H2,1H3,(H,13,14)(H,17,18)/t7-/m0/s1. The van der Waals surface area contributed by atoms with Crippen LogP contribution in [0.1, 0.15) is 17.4 Å². The monoisotopic (exact) mass is 247 g/mol. The van der Waals surface area contributed by atoms with Crippen LogP contribution in [0.25, 0.3) is 10.9 Å². The molecule has 0 aromatic carbocycles. The summed E-state index contributed by atoms with van der Waals surface area (Å²) < 4.78 is 0. The lowest BCUT2D eigenvalue weighted by atomic mass is 10.2. The van der Waals surface area contributed by atoms with Crippen molar-refractivity contribution in [1.29, 1.82) is 0 Å². The van der Waals surface area contributed by atoms with E-state index in [0.717, 1.165) is 5.39 Å². The first-order valence-electron chi connectivity index (χ1n) is 5.47. The number of rotatable bonds is 4. The molecule has 2 aromatic heterocycles. The van der Waals surface area contributed by atoms with Gasteiger partial charge in [0.05, 0.1) is 12.1 Å². The van der Waals surface area contributed by atoms with Crippen molar-refractivity contribution in [2.75, 3.05) is 11.9 Å². The highest BCUT2D eigenvalue weighted by Crippen LogP contribution is 2.15. The smallest absolute Gasteiger partial charge is 0.354 e. The van der Waals surface area contributed by atoms with Crippen LogP contribution >= 0.6 is 0 Å². The molecule has 2 heterocycles.